The second-order valence-corrected chi connectivity index (χ2v) is 7.17. The molecule has 0 aliphatic rings. The predicted octanol–water partition coefficient (Wildman–Crippen LogP) is 1.79. The first-order chi connectivity index (χ1) is 11.8. The molecular formula is C17H21N3O4S. The van der Waals surface area contributed by atoms with Crippen LogP contribution in [0.2, 0.25) is 0 Å². The Labute approximate surface area is 147 Å². The standard InChI is InChI=1S/C17H21N3O4S/c1-12-3-8-16(13(2)9-12)24-11-20-17(21)19-10-14-4-6-15(7-5-14)25(18,22)23/h3-9H,10-11H2,1-2H3,(H2,18,22,23)(H2,19,20,21). The first-order valence-corrected chi connectivity index (χ1v) is 9.14. The summed E-state index contributed by atoms with van der Waals surface area (Å²) in [5, 5.41) is 10.3. The maximum atomic E-state index is 11.8. The van der Waals surface area contributed by atoms with Gasteiger partial charge in [-0.05, 0) is 43.2 Å². The summed E-state index contributed by atoms with van der Waals surface area (Å²) >= 11 is 0. The quantitative estimate of drug-likeness (QED) is 0.680. The molecule has 0 atom stereocenters. The minimum absolute atomic E-state index is 0.0302. The lowest BCUT2D eigenvalue weighted by atomic mass is 10.1. The number of carbonyl (C=O) groups excluding carboxylic acids is 1. The third kappa shape index (κ3) is 5.77. The van der Waals surface area contributed by atoms with Crippen molar-refractivity contribution in [2.45, 2.75) is 25.3 Å². The van der Waals surface area contributed by atoms with Crippen molar-refractivity contribution in [1.82, 2.24) is 10.6 Å². The molecule has 0 unspecified atom stereocenters. The fourth-order valence-corrected chi connectivity index (χ4v) is 2.70. The summed E-state index contributed by atoms with van der Waals surface area (Å²) in [6, 6.07) is 11.4. The average molecular weight is 363 g/mol. The molecule has 0 heterocycles. The Hall–Kier alpha value is -2.58. The van der Waals surface area contributed by atoms with E-state index in [0.717, 1.165) is 16.7 Å². The molecule has 8 heteroatoms. The first kappa shape index (κ1) is 18.8. The molecule has 2 amide bonds. The maximum Gasteiger partial charge on any atom is 0.317 e. The second kappa shape index (κ2) is 8.00. The van der Waals surface area contributed by atoms with Crippen LogP contribution in [0.25, 0.3) is 0 Å². The second-order valence-electron chi connectivity index (χ2n) is 5.61. The minimum Gasteiger partial charge on any atom is -0.473 e. The Morgan fingerprint density at radius 1 is 1.08 bits per heavy atom. The highest BCUT2D eigenvalue weighted by Crippen LogP contribution is 2.18. The Bertz CT molecular complexity index is 849. The predicted molar refractivity (Wildman–Crippen MR) is 94.6 cm³/mol. The molecule has 0 aliphatic carbocycles. The number of amides is 2. The van der Waals surface area contributed by atoms with Crippen molar-refractivity contribution in [3.63, 3.8) is 0 Å². The topological polar surface area (TPSA) is 111 Å². The third-order valence-corrected chi connectivity index (χ3v) is 4.43. The van der Waals surface area contributed by atoms with Crippen molar-refractivity contribution in [1.29, 1.82) is 0 Å². The van der Waals surface area contributed by atoms with E-state index in [0.29, 0.717) is 5.75 Å². The van der Waals surface area contributed by atoms with E-state index in [9.17, 15) is 13.2 Å². The van der Waals surface area contributed by atoms with E-state index < -0.39 is 10.0 Å². The molecule has 2 aromatic rings. The lowest BCUT2D eigenvalue weighted by Gasteiger charge is -2.11. The SMILES string of the molecule is Cc1ccc(OCNC(=O)NCc2ccc(S(N)(=O)=O)cc2)c(C)c1. The Balaban J connectivity index is 1.77. The summed E-state index contributed by atoms with van der Waals surface area (Å²) in [5.41, 5.74) is 2.89. The fraction of sp³-hybridized carbons (Fsp3) is 0.235. The number of nitrogens with two attached hydrogens (primary N) is 1. The molecule has 0 aliphatic heterocycles. The number of carbonyl (C=O) groups is 1. The number of hydrogen-bond acceptors (Lipinski definition) is 4. The number of aryl methyl sites for hydroxylation is 2. The number of rotatable bonds is 6. The van der Waals surface area contributed by atoms with Gasteiger partial charge in [-0.3, -0.25) is 0 Å². The lowest BCUT2D eigenvalue weighted by Crippen LogP contribution is -2.37. The fourth-order valence-electron chi connectivity index (χ4n) is 2.18. The molecule has 0 saturated heterocycles. The van der Waals surface area contributed by atoms with E-state index in [1.807, 2.05) is 32.0 Å². The van der Waals surface area contributed by atoms with Crippen molar-refractivity contribution in [3.8, 4) is 5.75 Å². The number of primary sulfonamides is 1. The molecule has 2 rings (SSSR count). The smallest absolute Gasteiger partial charge is 0.317 e. The van der Waals surface area contributed by atoms with Crippen molar-refractivity contribution in [2.75, 3.05) is 6.73 Å². The zero-order valence-electron chi connectivity index (χ0n) is 14.1. The Morgan fingerprint density at radius 2 is 1.76 bits per heavy atom. The van der Waals surface area contributed by atoms with Crippen LogP contribution in [0.3, 0.4) is 0 Å². The van der Waals surface area contributed by atoms with Crippen LogP contribution in [0, 0.1) is 13.8 Å². The Morgan fingerprint density at radius 3 is 2.36 bits per heavy atom. The average Bonchev–Trinajstić information content (AvgIpc) is 2.54. The summed E-state index contributed by atoms with van der Waals surface area (Å²) in [7, 11) is -3.71. The highest BCUT2D eigenvalue weighted by molar-refractivity contribution is 7.89. The van der Waals surface area contributed by atoms with E-state index in [1.54, 1.807) is 12.1 Å². The number of benzene rings is 2. The van der Waals surface area contributed by atoms with Gasteiger partial charge in [0.1, 0.15) is 5.75 Å². The van der Waals surface area contributed by atoms with E-state index >= 15 is 0 Å². The zero-order chi connectivity index (χ0) is 18.4. The highest BCUT2D eigenvalue weighted by atomic mass is 32.2. The van der Waals surface area contributed by atoms with Crippen LogP contribution in [0.4, 0.5) is 4.79 Å². The van der Waals surface area contributed by atoms with Gasteiger partial charge in [-0.15, -0.1) is 0 Å². The number of ether oxygens (including phenoxy) is 1. The molecule has 0 fully saturated rings. The van der Waals surface area contributed by atoms with Crippen LogP contribution < -0.4 is 20.5 Å². The molecule has 0 radical (unpaired) electrons. The highest BCUT2D eigenvalue weighted by Gasteiger charge is 2.07. The van der Waals surface area contributed by atoms with Gasteiger partial charge in [0.05, 0.1) is 4.90 Å². The van der Waals surface area contributed by atoms with Gasteiger partial charge in [-0.25, -0.2) is 18.4 Å². The summed E-state index contributed by atoms with van der Waals surface area (Å²) in [6.07, 6.45) is 0. The largest absolute Gasteiger partial charge is 0.473 e. The molecule has 7 nitrogen and oxygen atoms in total. The minimum atomic E-state index is -3.71. The molecule has 4 N–H and O–H groups in total. The molecular weight excluding hydrogens is 342 g/mol. The molecule has 134 valence electrons. The van der Waals surface area contributed by atoms with Gasteiger partial charge < -0.3 is 15.4 Å². The van der Waals surface area contributed by atoms with Gasteiger partial charge in [0.25, 0.3) is 0 Å². The summed E-state index contributed by atoms with van der Waals surface area (Å²) in [6.45, 7) is 4.23. The lowest BCUT2D eigenvalue weighted by molar-refractivity contribution is 0.223. The first-order valence-electron chi connectivity index (χ1n) is 7.59. The van der Waals surface area contributed by atoms with E-state index in [1.165, 1.54) is 12.1 Å². The van der Waals surface area contributed by atoms with Gasteiger partial charge in [0.2, 0.25) is 10.0 Å². The monoisotopic (exact) mass is 363 g/mol. The van der Waals surface area contributed by atoms with Crippen molar-refractivity contribution in [3.05, 3.63) is 59.2 Å². The van der Waals surface area contributed by atoms with Gasteiger partial charge in [-0.2, -0.15) is 0 Å². The normalized spacial score (nSPS) is 11.0. The molecule has 0 saturated carbocycles. The van der Waals surface area contributed by atoms with Crippen LogP contribution >= 0.6 is 0 Å². The Kier molecular flexibility index (Phi) is 6.00. The summed E-state index contributed by atoms with van der Waals surface area (Å²) < 4.78 is 27.9. The van der Waals surface area contributed by atoms with Gasteiger partial charge in [0.15, 0.2) is 6.73 Å². The third-order valence-electron chi connectivity index (χ3n) is 3.50. The molecule has 0 spiro atoms. The van der Waals surface area contributed by atoms with E-state index in [-0.39, 0.29) is 24.2 Å². The number of sulfonamides is 1. The summed E-state index contributed by atoms with van der Waals surface area (Å²) in [5.74, 6) is 0.712. The number of urea groups is 1. The van der Waals surface area contributed by atoms with Crippen molar-refractivity contribution in [2.24, 2.45) is 5.14 Å². The number of nitrogens with one attached hydrogen (secondary N) is 2. The van der Waals surface area contributed by atoms with Crippen molar-refractivity contribution >= 4 is 16.1 Å². The van der Waals surface area contributed by atoms with E-state index in [2.05, 4.69) is 10.6 Å². The summed E-state index contributed by atoms with van der Waals surface area (Å²) in [4.78, 5) is 11.8. The zero-order valence-corrected chi connectivity index (χ0v) is 14.9. The van der Waals surface area contributed by atoms with Crippen LogP contribution in [0.1, 0.15) is 16.7 Å². The molecule has 0 bridgehead atoms. The van der Waals surface area contributed by atoms with Crippen LogP contribution in [0.15, 0.2) is 47.4 Å². The van der Waals surface area contributed by atoms with Crippen molar-refractivity contribution < 1.29 is 17.9 Å². The molecule has 0 aromatic heterocycles. The molecule has 2 aromatic carbocycles. The van der Waals surface area contributed by atoms with Gasteiger partial charge in [-0.1, -0.05) is 29.8 Å². The number of hydrogen-bond donors (Lipinski definition) is 3. The van der Waals surface area contributed by atoms with Crippen LogP contribution in [-0.4, -0.2) is 21.2 Å². The van der Waals surface area contributed by atoms with Crippen LogP contribution in [-0.2, 0) is 16.6 Å². The van der Waals surface area contributed by atoms with E-state index in [4.69, 9.17) is 9.88 Å². The van der Waals surface area contributed by atoms with Gasteiger partial charge >= 0.3 is 6.03 Å². The maximum absolute atomic E-state index is 11.8. The van der Waals surface area contributed by atoms with Crippen LogP contribution in [0.5, 0.6) is 5.75 Å². The van der Waals surface area contributed by atoms with Gasteiger partial charge in [0, 0.05) is 6.54 Å². The molecule has 25 heavy (non-hydrogen) atoms.